The number of pyridine rings is 1. The maximum Gasteiger partial charge on any atom is 0.319 e. The first-order valence-corrected chi connectivity index (χ1v) is 27.8. The van der Waals surface area contributed by atoms with E-state index in [0.29, 0.717) is 53.6 Å². The van der Waals surface area contributed by atoms with Crippen molar-refractivity contribution in [3.05, 3.63) is 102 Å². The summed E-state index contributed by atoms with van der Waals surface area (Å²) in [5.41, 5.74) is 4.85. The molecule has 0 radical (unpaired) electrons. The van der Waals surface area contributed by atoms with E-state index < -0.39 is 23.9 Å². The number of halogens is 1. The first kappa shape index (κ1) is 51.5. The Morgan fingerprint density at radius 2 is 1.74 bits per heavy atom. The summed E-state index contributed by atoms with van der Waals surface area (Å²) in [4.78, 5) is 51.0. The van der Waals surface area contributed by atoms with Crippen molar-refractivity contribution in [2.24, 2.45) is 18.4 Å². The van der Waals surface area contributed by atoms with Crippen molar-refractivity contribution in [3.63, 3.8) is 0 Å². The zero-order chi connectivity index (χ0) is 54.0. The third kappa shape index (κ3) is 9.78. The molecule has 78 heavy (non-hydrogen) atoms. The zero-order valence-electron chi connectivity index (χ0n) is 45.0. The number of β-amino-alcohol motifs (C(OH)–C–C–N with tert-alkyl or cyclic N) is 1. The fourth-order valence-corrected chi connectivity index (χ4v) is 13.0. The summed E-state index contributed by atoms with van der Waals surface area (Å²) in [6.07, 6.45) is 7.61. The maximum absolute atomic E-state index is 17.1. The molecule has 2 bridgehead atoms. The number of aromatic nitrogens is 6. The number of aliphatic hydroxyl groups is 1. The van der Waals surface area contributed by atoms with Crippen LogP contribution in [0.1, 0.15) is 88.6 Å². The molecule has 12 rings (SSSR count). The quantitative estimate of drug-likeness (QED) is 0.0806. The van der Waals surface area contributed by atoms with Gasteiger partial charge >= 0.3 is 6.01 Å². The van der Waals surface area contributed by atoms with Gasteiger partial charge in [-0.1, -0.05) is 68.4 Å². The second-order valence-corrected chi connectivity index (χ2v) is 22.9. The van der Waals surface area contributed by atoms with Crippen molar-refractivity contribution in [2.45, 2.75) is 102 Å². The van der Waals surface area contributed by atoms with Crippen molar-refractivity contribution >= 4 is 45.1 Å². The van der Waals surface area contributed by atoms with Gasteiger partial charge in [0.25, 0.3) is 0 Å². The summed E-state index contributed by atoms with van der Waals surface area (Å²) >= 11 is 0. The van der Waals surface area contributed by atoms with Gasteiger partial charge in [-0.2, -0.15) is 15.1 Å². The van der Waals surface area contributed by atoms with Gasteiger partial charge in [0.15, 0.2) is 17.4 Å². The highest BCUT2D eigenvalue weighted by Gasteiger charge is 2.47. The Balaban J connectivity index is 0.674. The lowest BCUT2D eigenvalue weighted by atomic mass is 9.72. The number of aromatic hydroxyl groups is 1. The number of nitrogens with zero attached hydrogens (tertiary/aromatic N) is 10. The zero-order valence-corrected chi connectivity index (χ0v) is 45.0. The molecule has 2 unspecified atom stereocenters. The number of anilines is 2. The van der Waals surface area contributed by atoms with E-state index in [9.17, 15) is 19.8 Å². The Hall–Kier alpha value is -7.22. The Morgan fingerprint density at radius 1 is 0.974 bits per heavy atom. The molecule has 5 saturated heterocycles. The lowest BCUT2D eigenvalue weighted by molar-refractivity contribution is -0.141. The van der Waals surface area contributed by atoms with E-state index in [0.717, 1.165) is 105 Å². The molecule has 18 nitrogen and oxygen atoms in total. The van der Waals surface area contributed by atoms with Crippen LogP contribution < -0.4 is 25.2 Å². The van der Waals surface area contributed by atoms with Crippen LogP contribution in [0.5, 0.6) is 11.8 Å². The predicted molar refractivity (Wildman–Crippen MR) is 295 cm³/mol. The first-order valence-electron chi connectivity index (χ1n) is 27.8. The minimum Gasteiger partial charge on any atom is -0.508 e. The maximum atomic E-state index is 17.1. The lowest BCUT2D eigenvalue weighted by Crippen LogP contribution is -2.60. The molecule has 0 saturated carbocycles. The summed E-state index contributed by atoms with van der Waals surface area (Å²) < 4.78 is 31.3. The molecule has 5 aliphatic rings. The largest absolute Gasteiger partial charge is 0.508 e. The van der Waals surface area contributed by atoms with Crippen LogP contribution in [-0.2, 0) is 23.1 Å². The van der Waals surface area contributed by atoms with Gasteiger partial charge < -0.3 is 44.8 Å². The van der Waals surface area contributed by atoms with Crippen LogP contribution in [0.3, 0.4) is 0 Å². The smallest absolute Gasteiger partial charge is 0.319 e. The van der Waals surface area contributed by atoms with Gasteiger partial charge in [-0.3, -0.25) is 24.2 Å². The summed E-state index contributed by atoms with van der Waals surface area (Å²) in [5, 5.41) is 39.3. The second kappa shape index (κ2) is 20.9. The van der Waals surface area contributed by atoms with Crippen LogP contribution in [0, 0.1) is 17.2 Å². The molecule has 4 aromatic heterocycles. The third-order valence-corrected chi connectivity index (χ3v) is 17.3. The molecule has 7 aromatic rings. The summed E-state index contributed by atoms with van der Waals surface area (Å²) in [6.45, 7) is 13.8. The number of piperazine rings is 1. The van der Waals surface area contributed by atoms with E-state index in [-0.39, 0.29) is 65.1 Å². The molecule has 408 valence electrons. The molecule has 9 heterocycles. The molecule has 4 N–H and O–H groups in total. The highest BCUT2D eigenvalue weighted by molar-refractivity contribution is 6.02. The number of phenols is 1. The third-order valence-electron chi connectivity index (χ3n) is 17.3. The van der Waals surface area contributed by atoms with Crippen molar-refractivity contribution in [2.75, 3.05) is 68.8 Å². The number of hydrogen-bond acceptors (Lipinski definition) is 15. The topological polar surface area (TPSA) is 203 Å². The molecule has 6 atom stereocenters. The number of piperidine rings is 1. The number of aliphatic hydroxyl groups excluding tert-OH is 1. The van der Waals surface area contributed by atoms with Crippen LogP contribution >= 0.6 is 0 Å². The van der Waals surface area contributed by atoms with Crippen molar-refractivity contribution < 1.29 is 33.5 Å². The summed E-state index contributed by atoms with van der Waals surface area (Å²) in [5.74, 6) is -0.226. The van der Waals surface area contributed by atoms with Gasteiger partial charge in [0.05, 0.1) is 23.2 Å². The van der Waals surface area contributed by atoms with Crippen molar-refractivity contribution in [1.82, 2.24) is 50.3 Å². The molecule has 5 fully saturated rings. The SMILES string of the molecule is CCc1cccc2cc(O)cc(-c3ncc4c(N5CC6CCC(C5)N6)nc(OCCN5CCC6(CC5)CN(c5cc([C@H](C(=O)N7C[C@H](O)C[C@H]7C(=O)N[C@@H](C)c7ccc(-c8ccnn8C)cc7)C(C)C)on5)C6)nc4c3F)c12. The van der Waals surface area contributed by atoms with E-state index >= 15 is 4.39 Å². The first-order chi connectivity index (χ1) is 37.7. The minimum absolute atomic E-state index is 0.0365. The average molecular weight is 1060 g/mol. The highest BCUT2D eigenvalue weighted by atomic mass is 19.1. The highest BCUT2D eigenvalue weighted by Crippen LogP contribution is 2.44. The number of ether oxygens (including phenoxy) is 1. The van der Waals surface area contributed by atoms with Gasteiger partial charge in [0.2, 0.25) is 11.8 Å². The van der Waals surface area contributed by atoms with E-state index in [1.807, 2.05) is 87.1 Å². The number of phenolic OH excluding ortho intramolecular Hbond substituents is 1. The number of hydrogen-bond donors (Lipinski definition) is 4. The number of fused-ring (bicyclic) bond motifs is 4. The molecule has 3 aromatic carbocycles. The molecular weight excluding hydrogens is 992 g/mol. The van der Waals surface area contributed by atoms with Crippen LogP contribution in [0.25, 0.3) is 44.2 Å². The summed E-state index contributed by atoms with van der Waals surface area (Å²) in [6, 6.07) is 20.6. The fraction of sp³-hybridized carbons (Fsp3) is 0.475. The van der Waals surface area contributed by atoms with Crippen LogP contribution in [0.15, 0.2) is 83.6 Å². The minimum atomic E-state index is -0.832. The van der Waals surface area contributed by atoms with Gasteiger partial charge in [-0.25, -0.2) is 4.39 Å². The molecule has 0 aliphatic carbocycles. The predicted octanol–water partition coefficient (Wildman–Crippen LogP) is 7.14. The Labute approximate surface area is 453 Å². The molecule has 2 amide bonds. The number of nitrogens with one attached hydrogen (secondary N) is 2. The summed E-state index contributed by atoms with van der Waals surface area (Å²) in [7, 11) is 1.89. The van der Waals surface area contributed by atoms with Gasteiger partial charge in [-0.15, -0.1) is 0 Å². The van der Waals surface area contributed by atoms with Gasteiger partial charge in [-0.05, 0) is 104 Å². The normalized spacial score (nSPS) is 21.9. The number of carbonyl (C=O) groups excluding carboxylic acids is 2. The number of carbonyl (C=O) groups is 2. The molecule has 1 spiro atoms. The second-order valence-electron chi connectivity index (χ2n) is 22.9. The number of benzene rings is 3. The number of aryl methyl sites for hydroxylation is 2. The van der Waals surface area contributed by atoms with Crippen molar-refractivity contribution in [3.8, 4) is 34.3 Å². The van der Waals surface area contributed by atoms with E-state index in [1.54, 1.807) is 24.5 Å². The van der Waals surface area contributed by atoms with Crippen LogP contribution in [0.4, 0.5) is 16.0 Å². The molecule has 19 heteroatoms. The van der Waals surface area contributed by atoms with Gasteiger partial charge in [0, 0.05) is 94.3 Å². The number of rotatable bonds is 15. The molecular formula is C59H69FN12O6. The van der Waals surface area contributed by atoms with Crippen LogP contribution in [0.2, 0.25) is 0 Å². The Kier molecular flexibility index (Phi) is 13.8. The molecule has 5 aliphatic heterocycles. The number of amides is 2. The number of likely N-dealkylation sites (tertiary alicyclic amines) is 2. The Morgan fingerprint density at radius 3 is 2.46 bits per heavy atom. The lowest BCUT2D eigenvalue weighted by Gasteiger charge is -2.54. The standard InChI is InChI=1S/C59H69FN12O6/c1-6-36-8-7-9-39-24-42(73)25-44(51(36)39)53-52(60)54-45(28-61-53)55(70-29-40-14-15-41(30-70)64-40)66-58(65-54)77-23-22-69-20-17-59(18-21-69)32-71(33-59)49-27-48(78-67-49)50(34(2)3)57(76)72-31-43(74)26-47(72)56(75)63-35(4)37-10-12-38(13-11-37)46-16-19-62-68(46)5/h7-13,16,19,24-25,27-28,34-35,40-41,43,47,50,64,73-74H,6,14-15,17-18,20-23,26,29-33H2,1-5H3,(H,63,75)/t35-,40?,41?,43+,47-,50+/m0/s1. The van der Waals surface area contributed by atoms with E-state index in [1.165, 1.54) is 4.90 Å². The van der Waals surface area contributed by atoms with E-state index in [4.69, 9.17) is 24.2 Å². The van der Waals surface area contributed by atoms with E-state index in [2.05, 4.69) is 42.5 Å². The van der Waals surface area contributed by atoms with Crippen molar-refractivity contribution in [1.29, 1.82) is 0 Å². The van der Waals surface area contributed by atoms with Gasteiger partial charge in [0.1, 0.15) is 41.3 Å². The fourth-order valence-electron chi connectivity index (χ4n) is 13.0. The average Bonchev–Trinajstić information content (AvgIpc) is 4.26. The van der Waals surface area contributed by atoms with Crippen LogP contribution in [-0.4, -0.2) is 145 Å². The monoisotopic (exact) mass is 1060 g/mol. The Bertz CT molecular complexity index is 3360.